The van der Waals surface area contributed by atoms with Crippen LogP contribution in [0.3, 0.4) is 0 Å². The molecule has 1 aliphatic heterocycles. The average Bonchev–Trinajstić information content (AvgIpc) is 2.80. The second-order valence-electron chi connectivity index (χ2n) is 8.79. The minimum atomic E-state index is -0.321. The molecule has 0 saturated carbocycles. The fourth-order valence-electron chi connectivity index (χ4n) is 4.34. The van der Waals surface area contributed by atoms with Crippen LogP contribution in [-0.4, -0.2) is 31.5 Å². The fraction of sp³-hybridized carbons (Fsp3) is 0.346. The highest BCUT2D eigenvalue weighted by atomic mass is 19.1. The number of nitrogens with zero attached hydrogens (tertiary/aromatic N) is 5. The smallest absolute Gasteiger partial charge is 0.182 e. The highest BCUT2D eigenvalue weighted by Crippen LogP contribution is 2.38. The van der Waals surface area contributed by atoms with Gasteiger partial charge >= 0.3 is 0 Å². The Morgan fingerprint density at radius 2 is 1.76 bits per heavy atom. The van der Waals surface area contributed by atoms with Gasteiger partial charge in [-0.2, -0.15) is 0 Å². The lowest BCUT2D eigenvalue weighted by Crippen LogP contribution is -2.21. The molecule has 0 unspecified atom stereocenters. The largest absolute Gasteiger partial charge is 0.373 e. The van der Waals surface area contributed by atoms with Crippen molar-refractivity contribution in [1.29, 1.82) is 0 Å². The number of hydrogen-bond donors (Lipinski definition) is 0. The standard InChI is InChI=1S/C26H26FN5O/c1-14-5-6-20(21(27)11-14)23-24-26(30-17(4)16(3)29-24)32-25(31-23)19-8-10-33-22(13-19)18-7-9-28-15(2)12-18/h5-7,9,11-12,19,22H,8,10,13H2,1-4H3/t19-,22-/m1/s1. The van der Waals surface area contributed by atoms with E-state index in [1.165, 1.54) is 6.07 Å². The third-order valence-corrected chi connectivity index (χ3v) is 6.28. The van der Waals surface area contributed by atoms with E-state index < -0.39 is 0 Å². The Bertz CT molecular complexity index is 1360. The van der Waals surface area contributed by atoms with Crippen molar-refractivity contribution in [1.82, 2.24) is 24.9 Å². The van der Waals surface area contributed by atoms with E-state index in [1.807, 2.05) is 46.0 Å². The molecule has 0 amide bonds. The van der Waals surface area contributed by atoms with E-state index in [1.54, 1.807) is 6.07 Å². The number of hydrogen-bond acceptors (Lipinski definition) is 6. The summed E-state index contributed by atoms with van der Waals surface area (Å²) in [5.74, 6) is 0.407. The molecular weight excluding hydrogens is 417 g/mol. The van der Waals surface area contributed by atoms with Gasteiger partial charge in [-0.15, -0.1) is 0 Å². The first kappa shape index (κ1) is 21.5. The Morgan fingerprint density at radius 1 is 0.939 bits per heavy atom. The summed E-state index contributed by atoms with van der Waals surface area (Å²) in [6.45, 7) is 8.25. The van der Waals surface area contributed by atoms with Crippen LogP contribution in [0.25, 0.3) is 22.4 Å². The summed E-state index contributed by atoms with van der Waals surface area (Å²) < 4.78 is 21.1. The predicted octanol–water partition coefficient (Wildman–Crippen LogP) is 5.49. The first-order valence-corrected chi connectivity index (χ1v) is 11.2. The van der Waals surface area contributed by atoms with Gasteiger partial charge in [0, 0.05) is 30.0 Å². The Labute approximate surface area is 192 Å². The molecule has 0 bridgehead atoms. The molecule has 33 heavy (non-hydrogen) atoms. The SMILES string of the molecule is Cc1ccc(-c2nc([C@@H]3CCO[C@@H](c4ccnc(C)c4)C3)nc3nc(C)c(C)nc23)c(F)c1. The van der Waals surface area contributed by atoms with Crippen molar-refractivity contribution in [3.05, 3.63) is 76.4 Å². The van der Waals surface area contributed by atoms with Crippen molar-refractivity contribution in [2.45, 2.75) is 52.6 Å². The Hall–Kier alpha value is -3.32. The Kier molecular flexibility index (Phi) is 5.58. The maximum atomic E-state index is 15.0. The third kappa shape index (κ3) is 4.20. The third-order valence-electron chi connectivity index (χ3n) is 6.28. The highest BCUT2D eigenvalue weighted by Gasteiger charge is 2.29. The molecular formula is C26H26FN5O. The number of aromatic nitrogens is 5. The van der Waals surface area contributed by atoms with Crippen LogP contribution in [0, 0.1) is 33.5 Å². The molecule has 1 aliphatic rings. The molecule has 3 aromatic heterocycles. The normalized spacial score (nSPS) is 18.6. The zero-order valence-corrected chi connectivity index (χ0v) is 19.3. The van der Waals surface area contributed by atoms with Crippen molar-refractivity contribution in [2.24, 2.45) is 0 Å². The lowest BCUT2D eigenvalue weighted by atomic mass is 9.91. The van der Waals surface area contributed by atoms with E-state index >= 15 is 4.39 Å². The van der Waals surface area contributed by atoms with Crippen molar-refractivity contribution >= 4 is 11.2 Å². The van der Waals surface area contributed by atoms with Crippen LogP contribution in [0.15, 0.2) is 36.5 Å². The second-order valence-corrected chi connectivity index (χ2v) is 8.79. The van der Waals surface area contributed by atoms with Crippen LogP contribution >= 0.6 is 0 Å². The summed E-state index contributed by atoms with van der Waals surface area (Å²) in [7, 11) is 0. The summed E-state index contributed by atoms with van der Waals surface area (Å²) in [5.41, 5.74) is 6.44. The maximum Gasteiger partial charge on any atom is 0.182 e. The number of pyridine rings is 1. The predicted molar refractivity (Wildman–Crippen MR) is 124 cm³/mol. The summed E-state index contributed by atoms with van der Waals surface area (Å²) in [4.78, 5) is 23.3. The zero-order chi connectivity index (χ0) is 23.1. The lowest BCUT2D eigenvalue weighted by molar-refractivity contribution is 0.00393. The molecule has 0 aliphatic carbocycles. The molecule has 2 atom stereocenters. The first-order valence-electron chi connectivity index (χ1n) is 11.2. The molecule has 6 nitrogen and oxygen atoms in total. The number of aryl methyl sites for hydroxylation is 4. The fourth-order valence-corrected chi connectivity index (χ4v) is 4.34. The van der Waals surface area contributed by atoms with Crippen LogP contribution in [0.5, 0.6) is 0 Å². The molecule has 168 valence electrons. The minimum Gasteiger partial charge on any atom is -0.373 e. The monoisotopic (exact) mass is 443 g/mol. The zero-order valence-electron chi connectivity index (χ0n) is 19.3. The van der Waals surface area contributed by atoms with Gasteiger partial charge in [-0.1, -0.05) is 6.07 Å². The maximum absolute atomic E-state index is 15.0. The Balaban J connectivity index is 1.62. The van der Waals surface area contributed by atoms with Crippen molar-refractivity contribution in [2.75, 3.05) is 6.61 Å². The van der Waals surface area contributed by atoms with Crippen LogP contribution in [0.4, 0.5) is 4.39 Å². The number of rotatable bonds is 3. The van der Waals surface area contributed by atoms with Gasteiger partial charge in [0.25, 0.3) is 0 Å². The molecule has 4 aromatic rings. The number of halogens is 1. The molecule has 0 radical (unpaired) electrons. The summed E-state index contributed by atoms with van der Waals surface area (Å²) in [6, 6.07) is 9.22. The lowest BCUT2D eigenvalue weighted by Gasteiger charge is -2.29. The van der Waals surface area contributed by atoms with Gasteiger partial charge in [-0.3, -0.25) is 4.98 Å². The molecule has 0 spiro atoms. The van der Waals surface area contributed by atoms with Gasteiger partial charge < -0.3 is 4.74 Å². The highest BCUT2D eigenvalue weighted by molar-refractivity contribution is 5.87. The summed E-state index contributed by atoms with van der Waals surface area (Å²) in [6.07, 6.45) is 3.28. The van der Waals surface area contributed by atoms with E-state index in [9.17, 15) is 0 Å². The molecule has 1 aromatic carbocycles. The van der Waals surface area contributed by atoms with Crippen LogP contribution < -0.4 is 0 Å². The van der Waals surface area contributed by atoms with Crippen molar-refractivity contribution in [3.8, 4) is 11.3 Å². The van der Waals surface area contributed by atoms with Gasteiger partial charge in [-0.05, 0) is 75.9 Å². The molecule has 5 rings (SSSR count). The van der Waals surface area contributed by atoms with Gasteiger partial charge in [-0.25, -0.2) is 24.3 Å². The Morgan fingerprint density at radius 3 is 2.55 bits per heavy atom. The first-order chi connectivity index (χ1) is 15.9. The van der Waals surface area contributed by atoms with Gasteiger partial charge in [0.15, 0.2) is 5.65 Å². The topological polar surface area (TPSA) is 73.7 Å². The molecule has 4 heterocycles. The van der Waals surface area contributed by atoms with E-state index in [-0.39, 0.29) is 17.8 Å². The van der Waals surface area contributed by atoms with E-state index in [4.69, 9.17) is 14.7 Å². The van der Waals surface area contributed by atoms with Gasteiger partial charge in [0.1, 0.15) is 22.9 Å². The molecule has 0 N–H and O–H groups in total. The quantitative estimate of drug-likeness (QED) is 0.417. The van der Waals surface area contributed by atoms with Crippen LogP contribution in [-0.2, 0) is 4.74 Å². The summed E-state index contributed by atoms with van der Waals surface area (Å²) in [5, 5.41) is 0. The van der Waals surface area contributed by atoms with Gasteiger partial charge in [0.05, 0.1) is 17.5 Å². The van der Waals surface area contributed by atoms with Crippen LogP contribution in [0.1, 0.15) is 58.9 Å². The number of ether oxygens (including phenoxy) is 1. The molecule has 7 heteroatoms. The van der Waals surface area contributed by atoms with E-state index in [0.29, 0.717) is 34.9 Å². The molecule has 1 fully saturated rings. The minimum absolute atomic E-state index is 0.0600. The summed E-state index contributed by atoms with van der Waals surface area (Å²) >= 11 is 0. The molecule has 1 saturated heterocycles. The van der Waals surface area contributed by atoms with Gasteiger partial charge in [0.2, 0.25) is 0 Å². The van der Waals surface area contributed by atoms with Crippen LogP contribution in [0.2, 0.25) is 0 Å². The second kappa shape index (κ2) is 8.56. The van der Waals surface area contributed by atoms with Crippen molar-refractivity contribution < 1.29 is 9.13 Å². The van der Waals surface area contributed by atoms with E-state index in [0.717, 1.165) is 41.1 Å². The number of benzene rings is 1. The van der Waals surface area contributed by atoms with E-state index in [2.05, 4.69) is 21.0 Å². The van der Waals surface area contributed by atoms with Crippen molar-refractivity contribution in [3.63, 3.8) is 0 Å². The average molecular weight is 444 g/mol. The number of fused-ring (bicyclic) bond motifs is 1.